The predicted octanol–water partition coefficient (Wildman–Crippen LogP) is 10.8. The number of hydrogen-bond acceptors (Lipinski definition) is 9. The number of carbonyl (C=O) groups excluding carboxylic acids is 2. The van der Waals surface area contributed by atoms with Crippen molar-refractivity contribution in [3.05, 3.63) is 36.5 Å². The molecule has 11 nitrogen and oxygen atoms in total. The number of unbranched alkanes of at least 4 members (excludes halogenated alkanes) is 19. The zero-order chi connectivity index (χ0) is 40.0. The molecule has 0 saturated carbocycles. The van der Waals surface area contributed by atoms with Crippen molar-refractivity contribution in [2.75, 3.05) is 19.8 Å². The minimum Gasteiger partial charge on any atom is -0.480 e. The second-order valence-electron chi connectivity index (χ2n) is 14.1. The topological polar surface area (TPSA) is 172 Å². The van der Waals surface area contributed by atoms with Crippen LogP contribution in [0.3, 0.4) is 0 Å². The maximum absolute atomic E-state index is 12.6. The van der Waals surface area contributed by atoms with Gasteiger partial charge < -0.3 is 25.2 Å². The number of aliphatic carboxylic acids is 1. The Morgan fingerprint density at radius 2 is 1.00 bits per heavy atom. The van der Waals surface area contributed by atoms with Gasteiger partial charge in [0.05, 0.1) is 13.2 Å². The highest BCUT2D eigenvalue weighted by molar-refractivity contribution is 7.47. The lowest BCUT2D eigenvalue weighted by Crippen LogP contribution is -2.34. The molecule has 4 N–H and O–H groups in total. The summed E-state index contributed by atoms with van der Waals surface area (Å²) in [5, 5.41) is 8.87. The van der Waals surface area contributed by atoms with E-state index in [0.29, 0.717) is 12.8 Å². The molecule has 0 saturated heterocycles. The van der Waals surface area contributed by atoms with Crippen LogP contribution in [0, 0.1) is 0 Å². The van der Waals surface area contributed by atoms with Gasteiger partial charge in [-0.1, -0.05) is 140 Å². The van der Waals surface area contributed by atoms with Gasteiger partial charge in [0.2, 0.25) is 0 Å². The van der Waals surface area contributed by atoms with Crippen LogP contribution in [-0.2, 0) is 37.5 Å². The molecule has 0 rings (SSSR count). The molecular weight excluding hydrogens is 709 g/mol. The Morgan fingerprint density at radius 3 is 1.52 bits per heavy atom. The molecule has 12 heteroatoms. The van der Waals surface area contributed by atoms with Crippen LogP contribution in [0.1, 0.15) is 181 Å². The highest BCUT2D eigenvalue weighted by Crippen LogP contribution is 2.43. The second-order valence-corrected chi connectivity index (χ2v) is 15.6. The van der Waals surface area contributed by atoms with Crippen LogP contribution < -0.4 is 5.73 Å². The molecule has 0 heterocycles. The van der Waals surface area contributed by atoms with Crippen molar-refractivity contribution in [2.45, 2.75) is 193 Å². The first-order valence-corrected chi connectivity index (χ1v) is 22.5. The number of hydrogen-bond donors (Lipinski definition) is 3. The Labute approximate surface area is 327 Å². The summed E-state index contributed by atoms with van der Waals surface area (Å²) in [4.78, 5) is 45.8. The molecule has 0 spiro atoms. The first kappa shape index (κ1) is 51.7. The molecule has 0 amide bonds. The fourth-order valence-electron chi connectivity index (χ4n) is 5.49. The smallest absolute Gasteiger partial charge is 0.472 e. The molecule has 0 fully saturated rings. The SMILES string of the molecule is CCCC/C=C\CCCCCCCC(=O)O[C@H](COC(=O)CCCCCCCCCCC/C=C\C/C=C\CCCCC)COP(=O)(O)OC[C@H](N)C(=O)O. The van der Waals surface area contributed by atoms with Crippen LogP contribution in [0.5, 0.6) is 0 Å². The average molecular weight is 786 g/mol. The largest absolute Gasteiger partial charge is 0.480 e. The summed E-state index contributed by atoms with van der Waals surface area (Å²) in [5.41, 5.74) is 5.32. The van der Waals surface area contributed by atoms with Crippen LogP contribution in [0.15, 0.2) is 36.5 Å². The van der Waals surface area contributed by atoms with Gasteiger partial charge in [-0.3, -0.25) is 23.4 Å². The maximum atomic E-state index is 12.6. The Morgan fingerprint density at radius 1 is 0.574 bits per heavy atom. The standard InChI is InChI=1S/C42H76NO10P/c1-3-5-7-9-11-13-15-16-17-18-19-20-21-22-24-25-27-29-31-33-40(44)50-35-38(36-51-54(48,49)52-37-39(43)42(46)47)53-41(45)34-32-30-28-26-23-14-12-10-8-6-4-2/h10-13,16-17,38-39H,3-9,14-15,18-37,43H2,1-2H3,(H,46,47)(H,48,49)/b12-10-,13-11-,17-16-/t38-,39+/m1/s1. The van der Waals surface area contributed by atoms with Crippen molar-refractivity contribution in [1.82, 2.24) is 0 Å². The molecule has 0 aromatic carbocycles. The summed E-state index contributed by atoms with van der Waals surface area (Å²) < 4.78 is 32.6. The molecule has 314 valence electrons. The van der Waals surface area contributed by atoms with Gasteiger partial charge in [0, 0.05) is 12.8 Å². The average Bonchev–Trinajstić information content (AvgIpc) is 3.14. The van der Waals surface area contributed by atoms with E-state index < -0.39 is 51.1 Å². The van der Waals surface area contributed by atoms with Crippen LogP contribution in [0.2, 0.25) is 0 Å². The molecule has 0 aromatic rings. The van der Waals surface area contributed by atoms with Crippen molar-refractivity contribution < 1.29 is 47.5 Å². The number of rotatable bonds is 39. The highest BCUT2D eigenvalue weighted by Gasteiger charge is 2.28. The Balaban J connectivity index is 4.32. The second kappa shape index (κ2) is 37.6. The van der Waals surface area contributed by atoms with Gasteiger partial charge in [-0.05, 0) is 64.2 Å². The molecule has 3 atom stereocenters. The summed E-state index contributed by atoms with van der Waals surface area (Å²) in [6.45, 7) is 2.72. The first-order valence-electron chi connectivity index (χ1n) is 21.0. The molecule has 54 heavy (non-hydrogen) atoms. The van der Waals surface area contributed by atoms with E-state index >= 15 is 0 Å². The maximum Gasteiger partial charge on any atom is 0.472 e. The fraction of sp³-hybridized carbons (Fsp3) is 0.786. The highest BCUT2D eigenvalue weighted by atomic mass is 31.2. The Hall–Kier alpha value is -2.30. The van der Waals surface area contributed by atoms with Crippen LogP contribution in [-0.4, -0.2) is 59.9 Å². The van der Waals surface area contributed by atoms with Crippen molar-refractivity contribution in [3.63, 3.8) is 0 Å². The van der Waals surface area contributed by atoms with Crippen molar-refractivity contribution in [3.8, 4) is 0 Å². The quantitative estimate of drug-likeness (QED) is 0.0234. The van der Waals surface area contributed by atoms with E-state index in [1.807, 2.05) is 0 Å². The molecule has 0 aliphatic rings. The normalized spacial score (nSPS) is 14.1. The molecule has 0 aliphatic heterocycles. The third kappa shape index (κ3) is 36.7. The summed E-state index contributed by atoms with van der Waals surface area (Å²) in [5.74, 6) is -2.40. The molecule has 1 unspecified atom stereocenters. The first-order chi connectivity index (χ1) is 26.1. The summed E-state index contributed by atoms with van der Waals surface area (Å²) in [6, 6.07) is -1.52. The van der Waals surface area contributed by atoms with Crippen molar-refractivity contribution in [1.29, 1.82) is 0 Å². The monoisotopic (exact) mass is 786 g/mol. The van der Waals surface area contributed by atoms with E-state index in [1.54, 1.807) is 0 Å². The number of carbonyl (C=O) groups is 3. The van der Waals surface area contributed by atoms with Gasteiger partial charge in [0.25, 0.3) is 0 Å². The Bertz CT molecular complexity index is 1060. The van der Waals surface area contributed by atoms with Crippen LogP contribution in [0.25, 0.3) is 0 Å². The summed E-state index contributed by atoms with van der Waals surface area (Å²) in [6.07, 6.45) is 39.3. The molecule has 0 radical (unpaired) electrons. The lowest BCUT2D eigenvalue weighted by atomic mass is 10.1. The van der Waals surface area contributed by atoms with Gasteiger partial charge in [-0.25, -0.2) is 4.57 Å². The van der Waals surface area contributed by atoms with E-state index in [2.05, 4.69) is 54.8 Å². The van der Waals surface area contributed by atoms with Crippen molar-refractivity contribution >= 4 is 25.7 Å². The zero-order valence-corrected chi connectivity index (χ0v) is 34.7. The van der Waals surface area contributed by atoms with Gasteiger partial charge in [-0.15, -0.1) is 0 Å². The minimum atomic E-state index is -4.71. The third-order valence-corrected chi connectivity index (χ3v) is 9.81. The van der Waals surface area contributed by atoms with Gasteiger partial charge in [0.1, 0.15) is 12.6 Å². The number of phosphoric ester groups is 1. The van der Waals surface area contributed by atoms with E-state index in [9.17, 15) is 23.8 Å². The van der Waals surface area contributed by atoms with Crippen LogP contribution in [0.4, 0.5) is 0 Å². The van der Waals surface area contributed by atoms with E-state index in [-0.39, 0.29) is 19.4 Å². The lowest BCUT2D eigenvalue weighted by molar-refractivity contribution is -0.161. The minimum absolute atomic E-state index is 0.150. The summed E-state index contributed by atoms with van der Waals surface area (Å²) >= 11 is 0. The number of esters is 2. The van der Waals surface area contributed by atoms with Crippen LogP contribution >= 0.6 is 7.82 Å². The number of carboxylic acid groups (broad SMARTS) is 1. The molecule has 0 aliphatic carbocycles. The van der Waals surface area contributed by atoms with Crippen molar-refractivity contribution in [2.24, 2.45) is 5.73 Å². The van der Waals surface area contributed by atoms with E-state index in [0.717, 1.165) is 70.6 Å². The Kier molecular flexibility index (Phi) is 36.0. The van der Waals surface area contributed by atoms with E-state index in [4.69, 9.17) is 24.8 Å². The summed E-state index contributed by atoms with van der Waals surface area (Å²) in [7, 11) is -4.71. The lowest BCUT2D eigenvalue weighted by Gasteiger charge is -2.20. The number of carboxylic acids is 1. The fourth-order valence-corrected chi connectivity index (χ4v) is 6.26. The molecule has 0 aromatic heterocycles. The van der Waals surface area contributed by atoms with E-state index in [1.165, 1.54) is 70.6 Å². The number of phosphoric acid groups is 1. The number of nitrogens with two attached hydrogens (primary N) is 1. The number of allylic oxidation sites excluding steroid dienone is 6. The number of ether oxygens (including phenoxy) is 2. The zero-order valence-electron chi connectivity index (χ0n) is 33.8. The molecular formula is C42H76NO10P. The predicted molar refractivity (Wildman–Crippen MR) is 217 cm³/mol. The van der Waals surface area contributed by atoms with Gasteiger partial charge in [-0.2, -0.15) is 0 Å². The molecule has 0 bridgehead atoms. The third-order valence-electron chi connectivity index (χ3n) is 8.86. The van der Waals surface area contributed by atoms with Gasteiger partial charge >= 0.3 is 25.7 Å². The van der Waals surface area contributed by atoms with Gasteiger partial charge in [0.15, 0.2) is 6.10 Å².